The molecule has 0 heterocycles. The number of benzene rings is 1. The van der Waals surface area contributed by atoms with Crippen LogP contribution < -0.4 is 5.32 Å². The lowest BCUT2D eigenvalue weighted by Crippen LogP contribution is -2.50. The molecule has 3 saturated carbocycles. The van der Waals surface area contributed by atoms with Crippen molar-refractivity contribution in [1.29, 1.82) is 0 Å². The second-order valence-corrected chi connectivity index (χ2v) is 12.6. The maximum atomic E-state index is 12.7. The van der Waals surface area contributed by atoms with Gasteiger partial charge in [-0.15, -0.1) is 6.58 Å². The zero-order chi connectivity index (χ0) is 24.8. The standard InChI is InChI=1S/C30H40ClNO3/c1-3-12-30(35)18-26-24-9-6-21-17-23(33)10-13-28(21,2)25(24)11-14-29(26,19-30)15-16-32-27(34)20-4-7-22(31)8-5-20/h3-8,23-26,33,35H,1,9-19H2,2H3,(H,32,34)/t23-,24+,25-,26-,28-,29-,30-/m0/s1. The van der Waals surface area contributed by atoms with Gasteiger partial charge in [-0.2, -0.15) is 0 Å². The fraction of sp³-hybridized carbons (Fsp3) is 0.633. The highest BCUT2D eigenvalue weighted by molar-refractivity contribution is 6.30. The Bertz CT molecular complexity index is 1010. The molecule has 1 aromatic rings. The second kappa shape index (κ2) is 9.36. The monoisotopic (exact) mass is 497 g/mol. The molecule has 3 fully saturated rings. The minimum Gasteiger partial charge on any atom is -0.393 e. The normalized spacial score (nSPS) is 40.2. The Morgan fingerprint density at radius 1 is 1.23 bits per heavy atom. The van der Waals surface area contributed by atoms with Crippen molar-refractivity contribution in [2.45, 2.75) is 82.8 Å². The van der Waals surface area contributed by atoms with Crippen LogP contribution in [0.3, 0.4) is 0 Å². The van der Waals surface area contributed by atoms with Crippen LogP contribution in [0.25, 0.3) is 0 Å². The number of aliphatic hydroxyl groups is 2. The molecule has 0 bridgehead atoms. The molecule has 5 rings (SSSR count). The molecule has 4 aliphatic rings. The molecule has 0 aliphatic heterocycles. The van der Waals surface area contributed by atoms with Crippen LogP contribution in [-0.2, 0) is 0 Å². The Morgan fingerprint density at radius 2 is 2.00 bits per heavy atom. The van der Waals surface area contributed by atoms with E-state index in [4.69, 9.17) is 11.6 Å². The molecule has 5 heteroatoms. The number of aliphatic hydroxyl groups excluding tert-OH is 1. The van der Waals surface area contributed by atoms with E-state index in [1.54, 1.807) is 24.3 Å². The molecule has 35 heavy (non-hydrogen) atoms. The number of halogens is 1. The molecular formula is C30H40ClNO3. The first kappa shape index (κ1) is 25.0. The van der Waals surface area contributed by atoms with E-state index in [0.717, 1.165) is 51.4 Å². The molecule has 0 aromatic heterocycles. The molecule has 1 aromatic carbocycles. The number of amides is 1. The molecular weight excluding hydrogens is 458 g/mol. The van der Waals surface area contributed by atoms with Crippen molar-refractivity contribution in [3.05, 3.63) is 59.2 Å². The lowest BCUT2D eigenvalue weighted by Gasteiger charge is -2.57. The SMILES string of the molecule is C=CC[C@]1(O)C[C@H]2[C@@H]3CC=C4C[C@@H](O)CC[C@]4(C)[C@H]3CC[C@]2(CCNC(=O)c2ccc(Cl)cc2)C1. The van der Waals surface area contributed by atoms with Gasteiger partial charge in [0.15, 0.2) is 0 Å². The Kier molecular flexibility index (Phi) is 6.69. The van der Waals surface area contributed by atoms with Crippen LogP contribution in [-0.4, -0.2) is 34.4 Å². The molecule has 0 saturated heterocycles. The summed E-state index contributed by atoms with van der Waals surface area (Å²) in [5, 5.41) is 25.7. The Hall–Kier alpha value is -1.62. The zero-order valence-electron chi connectivity index (χ0n) is 20.9. The van der Waals surface area contributed by atoms with Gasteiger partial charge >= 0.3 is 0 Å². The third-order valence-electron chi connectivity index (χ3n) is 10.2. The summed E-state index contributed by atoms with van der Waals surface area (Å²) in [5.41, 5.74) is 1.62. The van der Waals surface area contributed by atoms with E-state index >= 15 is 0 Å². The van der Waals surface area contributed by atoms with Crippen molar-refractivity contribution < 1.29 is 15.0 Å². The highest BCUT2D eigenvalue weighted by atomic mass is 35.5. The second-order valence-electron chi connectivity index (χ2n) is 12.2. The lowest BCUT2D eigenvalue weighted by molar-refractivity contribution is -0.0459. The van der Waals surface area contributed by atoms with Gasteiger partial charge in [0, 0.05) is 17.1 Å². The van der Waals surface area contributed by atoms with E-state index in [2.05, 4.69) is 24.9 Å². The first-order chi connectivity index (χ1) is 16.7. The molecule has 4 aliphatic carbocycles. The Morgan fingerprint density at radius 3 is 2.74 bits per heavy atom. The average molecular weight is 498 g/mol. The fourth-order valence-corrected chi connectivity index (χ4v) is 8.73. The molecule has 3 N–H and O–H groups in total. The number of allylic oxidation sites excluding steroid dienone is 1. The number of carbonyl (C=O) groups is 1. The van der Waals surface area contributed by atoms with Crippen LogP contribution in [0.15, 0.2) is 48.6 Å². The summed E-state index contributed by atoms with van der Waals surface area (Å²) in [6, 6.07) is 7.01. The highest BCUT2D eigenvalue weighted by Crippen LogP contribution is 2.67. The van der Waals surface area contributed by atoms with Gasteiger partial charge < -0.3 is 15.5 Å². The van der Waals surface area contributed by atoms with Gasteiger partial charge in [0.1, 0.15) is 0 Å². The van der Waals surface area contributed by atoms with Gasteiger partial charge in [0.2, 0.25) is 0 Å². The smallest absolute Gasteiger partial charge is 0.251 e. The van der Waals surface area contributed by atoms with Gasteiger partial charge in [0.25, 0.3) is 5.91 Å². The summed E-state index contributed by atoms with van der Waals surface area (Å²) in [6.07, 6.45) is 13.4. The number of rotatable bonds is 6. The summed E-state index contributed by atoms with van der Waals surface area (Å²) in [4.78, 5) is 12.7. The molecule has 190 valence electrons. The van der Waals surface area contributed by atoms with E-state index in [1.807, 2.05) is 6.08 Å². The summed E-state index contributed by atoms with van der Waals surface area (Å²) in [6.45, 7) is 6.98. The van der Waals surface area contributed by atoms with Gasteiger partial charge in [-0.3, -0.25) is 4.79 Å². The molecule has 1 amide bonds. The van der Waals surface area contributed by atoms with E-state index in [9.17, 15) is 15.0 Å². The molecule has 0 spiro atoms. The first-order valence-electron chi connectivity index (χ1n) is 13.4. The fourth-order valence-electron chi connectivity index (χ4n) is 8.61. The van der Waals surface area contributed by atoms with Crippen LogP contribution in [0.5, 0.6) is 0 Å². The van der Waals surface area contributed by atoms with Crippen LogP contribution in [0.4, 0.5) is 0 Å². The van der Waals surface area contributed by atoms with Crippen molar-refractivity contribution in [2.24, 2.45) is 28.6 Å². The number of hydrogen-bond acceptors (Lipinski definition) is 3. The van der Waals surface area contributed by atoms with Gasteiger partial charge in [-0.05, 0) is 117 Å². The van der Waals surface area contributed by atoms with Crippen LogP contribution >= 0.6 is 11.6 Å². The zero-order valence-corrected chi connectivity index (χ0v) is 21.7. The maximum Gasteiger partial charge on any atom is 0.251 e. The van der Waals surface area contributed by atoms with E-state index < -0.39 is 5.60 Å². The Balaban J connectivity index is 1.36. The predicted octanol–water partition coefficient (Wildman–Crippen LogP) is 6.07. The minimum absolute atomic E-state index is 0.0437. The third kappa shape index (κ3) is 4.51. The van der Waals surface area contributed by atoms with Crippen molar-refractivity contribution in [3.8, 4) is 0 Å². The number of carbonyl (C=O) groups excluding carboxylic acids is 1. The van der Waals surface area contributed by atoms with Crippen molar-refractivity contribution in [3.63, 3.8) is 0 Å². The molecule has 0 unspecified atom stereocenters. The maximum absolute atomic E-state index is 12.7. The van der Waals surface area contributed by atoms with Gasteiger partial charge in [0.05, 0.1) is 11.7 Å². The van der Waals surface area contributed by atoms with E-state index in [1.165, 1.54) is 12.0 Å². The van der Waals surface area contributed by atoms with Crippen LogP contribution in [0.2, 0.25) is 5.02 Å². The Labute approximate surface area is 214 Å². The number of nitrogens with one attached hydrogen (secondary N) is 1. The summed E-state index contributed by atoms with van der Waals surface area (Å²) in [5.74, 6) is 1.54. The quantitative estimate of drug-likeness (QED) is 0.418. The summed E-state index contributed by atoms with van der Waals surface area (Å²) < 4.78 is 0. The van der Waals surface area contributed by atoms with Crippen LogP contribution in [0, 0.1) is 28.6 Å². The molecule has 4 nitrogen and oxygen atoms in total. The van der Waals surface area contributed by atoms with Crippen LogP contribution in [0.1, 0.15) is 81.5 Å². The largest absolute Gasteiger partial charge is 0.393 e. The van der Waals surface area contributed by atoms with Gasteiger partial charge in [-0.1, -0.05) is 36.2 Å². The number of fused-ring (bicyclic) bond motifs is 5. The minimum atomic E-state index is -0.699. The third-order valence-corrected chi connectivity index (χ3v) is 10.5. The van der Waals surface area contributed by atoms with E-state index in [0.29, 0.717) is 41.3 Å². The predicted molar refractivity (Wildman–Crippen MR) is 140 cm³/mol. The molecule has 7 atom stereocenters. The molecule has 0 radical (unpaired) electrons. The van der Waals surface area contributed by atoms with Crippen molar-refractivity contribution in [2.75, 3.05) is 6.54 Å². The topological polar surface area (TPSA) is 69.6 Å². The van der Waals surface area contributed by atoms with Crippen molar-refractivity contribution in [1.82, 2.24) is 5.32 Å². The van der Waals surface area contributed by atoms with E-state index in [-0.39, 0.29) is 22.8 Å². The van der Waals surface area contributed by atoms with Gasteiger partial charge in [-0.25, -0.2) is 0 Å². The first-order valence-corrected chi connectivity index (χ1v) is 13.8. The summed E-state index contributed by atoms with van der Waals surface area (Å²) >= 11 is 5.97. The van der Waals surface area contributed by atoms with Crippen molar-refractivity contribution >= 4 is 17.5 Å². The highest BCUT2D eigenvalue weighted by Gasteiger charge is 2.61. The average Bonchev–Trinajstić information content (AvgIpc) is 3.12. The summed E-state index contributed by atoms with van der Waals surface area (Å²) in [7, 11) is 0. The lowest BCUT2D eigenvalue weighted by atomic mass is 9.47. The number of hydrogen-bond donors (Lipinski definition) is 3.